The number of anilines is 3. The zero-order valence-electron chi connectivity index (χ0n) is 15.6. The predicted octanol–water partition coefficient (Wildman–Crippen LogP) is 2.17. The summed E-state index contributed by atoms with van der Waals surface area (Å²) in [5.41, 5.74) is 6.40. The summed E-state index contributed by atoms with van der Waals surface area (Å²) in [7, 11) is -0.570. The molecule has 9 nitrogen and oxygen atoms in total. The van der Waals surface area contributed by atoms with Crippen molar-refractivity contribution in [2.45, 2.75) is 18.2 Å². The second-order valence-corrected chi connectivity index (χ2v) is 9.39. The Morgan fingerprint density at radius 3 is 2.46 bits per heavy atom. The number of nitrogens with one attached hydrogen (secondary N) is 1. The van der Waals surface area contributed by atoms with E-state index in [0.29, 0.717) is 10.6 Å². The van der Waals surface area contributed by atoms with E-state index in [4.69, 9.17) is 5.73 Å². The van der Waals surface area contributed by atoms with E-state index in [9.17, 15) is 13.2 Å². The summed E-state index contributed by atoms with van der Waals surface area (Å²) >= 11 is 1.39. The number of thiophene rings is 1. The second-order valence-electron chi connectivity index (χ2n) is 6.07. The number of hydrogen-bond donors (Lipinski definition) is 2. The van der Waals surface area contributed by atoms with Crippen LogP contribution in [0.3, 0.4) is 0 Å². The second kappa shape index (κ2) is 7.70. The van der Waals surface area contributed by atoms with E-state index in [0.717, 1.165) is 20.3 Å². The average molecular weight is 421 g/mol. The van der Waals surface area contributed by atoms with Gasteiger partial charge in [0, 0.05) is 24.7 Å². The fourth-order valence-electron chi connectivity index (χ4n) is 2.36. The van der Waals surface area contributed by atoms with Crippen LogP contribution in [0.5, 0.6) is 0 Å². The van der Waals surface area contributed by atoms with Crippen LogP contribution in [0, 0.1) is 0 Å². The number of nitrogens with two attached hydrogens (primary N) is 1. The summed E-state index contributed by atoms with van der Waals surface area (Å²) in [6.07, 6.45) is 0.844. The molecule has 1 aromatic carbocycles. The van der Waals surface area contributed by atoms with Crippen LogP contribution in [-0.2, 0) is 16.4 Å². The third kappa shape index (κ3) is 3.91. The number of carbonyl (C=O) groups is 1. The number of nitrogen functional groups attached to an aromatic ring is 1. The molecule has 0 spiro atoms. The molecule has 0 aliphatic carbocycles. The Balaban J connectivity index is 1.79. The highest BCUT2D eigenvalue weighted by atomic mass is 32.2. The fourth-order valence-corrected chi connectivity index (χ4v) is 4.14. The molecular formula is C17H20N6O3S2. The van der Waals surface area contributed by atoms with Crippen LogP contribution in [0.1, 0.15) is 21.5 Å². The molecule has 2 aromatic heterocycles. The Bertz CT molecular complexity index is 1100. The standard InChI is InChI=1S/C17H20N6O3S2/c1-4-12-7-10-14(27-12)15(24)23-16(18)20-17(21-23)19-11-5-8-13(9-6-11)28(25,26)22(2)3/h5-10H,4H2,1-3H3,(H3,18,19,20,21). The minimum absolute atomic E-state index is 0.0363. The molecule has 3 rings (SSSR count). The molecule has 3 N–H and O–H groups in total. The molecular weight excluding hydrogens is 400 g/mol. The van der Waals surface area contributed by atoms with Gasteiger partial charge in [-0.25, -0.2) is 12.7 Å². The molecule has 0 atom stereocenters. The predicted molar refractivity (Wildman–Crippen MR) is 108 cm³/mol. The molecule has 0 aliphatic rings. The van der Waals surface area contributed by atoms with Crippen molar-refractivity contribution in [3.63, 3.8) is 0 Å². The van der Waals surface area contributed by atoms with Crippen molar-refractivity contribution in [2.24, 2.45) is 0 Å². The van der Waals surface area contributed by atoms with E-state index in [1.807, 2.05) is 13.0 Å². The highest BCUT2D eigenvalue weighted by Crippen LogP contribution is 2.21. The van der Waals surface area contributed by atoms with Crippen molar-refractivity contribution in [2.75, 3.05) is 25.1 Å². The smallest absolute Gasteiger partial charge is 0.291 e. The van der Waals surface area contributed by atoms with Gasteiger partial charge in [0.25, 0.3) is 5.91 Å². The molecule has 0 aliphatic heterocycles. The summed E-state index contributed by atoms with van der Waals surface area (Å²) < 4.78 is 26.4. The van der Waals surface area contributed by atoms with E-state index >= 15 is 0 Å². The van der Waals surface area contributed by atoms with Crippen LogP contribution in [0.2, 0.25) is 0 Å². The van der Waals surface area contributed by atoms with E-state index in [1.165, 1.54) is 37.6 Å². The molecule has 2 heterocycles. The first-order valence-corrected chi connectivity index (χ1v) is 10.6. The lowest BCUT2D eigenvalue weighted by atomic mass is 10.3. The van der Waals surface area contributed by atoms with E-state index in [-0.39, 0.29) is 22.7 Å². The third-order valence-corrected chi connectivity index (χ3v) is 6.98. The molecule has 11 heteroatoms. The van der Waals surface area contributed by atoms with Gasteiger partial charge in [-0.3, -0.25) is 4.79 Å². The Morgan fingerprint density at radius 2 is 1.89 bits per heavy atom. The summed E-state index contributed by atoms with van der Waals surface area (Å²) in [6.45, 7) is 2.01. The van der Waals surface area contributed by atoms with Gasteiger partial charge < -0.3 is 11.1 Å². The molecule has 0 saturated carbocycles. The van der Waals surface area contributed by atoms with E-state index in [2.05, 4.69) is 15.4 Å². The molecule has 0 amide bonds. The van der Waals surface area contributed by atoms with Gasteiger partial charge in [0.05, 0.1) is 9.77 Å². The molecule has 28 heavy (non-hydrogen) atoms. The maximum absolute atomic E-state index is 12.6. The first kappa shape index (κ1) is 20.0. The Morgan fingerprint density at radius 1 is 1.21 bits per heavy atom. The molecule has 0 fully saturated rings. The number of aromatic nitrogens is 3. The van der Waals surface area contributed by atoms with E-state index in [1.54, 1.807) is 18.2 Å². The van der Waals surface area contributed by atoms with Gasteiger partial charge in [-0.05, 0) is 42.8 Å². The van der Waals surface area contributed by atoms with Crippen LogP contribution in [0.4, 0.5) is 17.6 Å². The molecule has 0 saturated heterocycles. The number of sulfonamides is 1. The van der Waals surface area contributed by atoms with Gasteiger partial charge in [0.1, 0.15) is 0 Å². The van der Waals surface area contributed by atoms with Crippen LogP contribution >= 0.6 is 11.3 Å². The van der Waals surface area contributed by atoms with Crippen molar-refractivity contribution < 1.29 is 13.2 Å². The van der Waals surface area contributed by atoms with Crippen molar-refractivity contribution in [3.8, 4) is 0 Å². The number of hydrogen-bond acceptors (Lipinski definition) is 8. The Labute approximate surface area is 166 Å². The Hall–Kier alpha value is -2.76. The average Bonchev–Trinajstić information content (AvgIpc) is 3.28. The van der Waals surface area contributed by atoms with Crippen molar-refractivity contribution in [1.82, 2.24) is 19.1 Å². The molecule has 0 radical (unpaired) electrons. The third-order valence-electron chi connectivity index (χ3n) is 3.93. The lowest BCUT2D eigenvalue weighted by Gasteiger charge is -2.11. The number of benzene rings is 1. The number of aryl methyl sites for hydroxylation is 1. The Kier molecular flexibility index (Phi) is 5.49. The first-order chi connectivity index (χ1) is 13.2. The van der Waals surface area contributed by atoms with Crippen molar-refractivity contribution in [1.29, 1.82) is 0 Å². The molecule has 3 aromatic rings. The van der Waals surface area contributed by atoms with Crippen LogP contribution in [0.15, 0.2) is 41.3 Å². The van der Waals surface area contributed by atoms with Crippen LogP contribution in [-0.4, -0.2) is 47.5 Å². The van der Waals surface area contributed by atoms with Gasteiger partial charge in [0.15, 0.2) is 0 Å². The number of carbonyl (C=O) groups excluding carboxylic acids is 1. The maximum atomic E-state index is 12.6. The summed E-state index contributed by atoms with van der Waals surface area (Å²) in [4.78, 5) is 18.4. The highest BCUT2D eigenvalue weighted by molar-refractivity contribution is 7.89. The van der Waals surface area contributed by atoms with Crippen LogP contribution < -0.4 is 11.1 Å². The quantitative estimate of drug-likeness (QED) is 0.626. The lowest BCUT2D eigenvalue weighted by Crippen LogP contribution is -2.22. The zero-order chi connectivity index (χ0) is 20.5. The number of rotatable bonds is 6. The maximum Gasteiger partial charge on any atom is 0.291 e. The van der Waals surface area contributed by atoms with Crippen molar-refractivity contribution in [3.05, 3.63) is 46.2 Å². The monoisotopic (exact) mass is 420 g/mol. The number of nitrogens with zero attached hydrogens (tertiary/aromatic N) is 4. The molecule has 0 unspecified atom stereocenters. The van der Waals surface area contributed by atoms with Gasteiger partial charge in [-0.2, -0.15) is 9.67 Å². The molecule has 0 bridgehead atoms. The SMILES string of the molecule is CCc1ccc(C(=O)n2nc(Nc3ccc(S(=O)(=O)N(C)C)cc3)nc2N)s1. The minimum Gasteiger partial charge on any atom is -0.368 e. The largest absolute Gasteiger partial charge is 0.368 e. The highest BCUT2D eigenvalue weighted by Gasteiger charge is 2.19. The van der Waals surface area contributed by atoms with Gasteiger partial charge in [0.2, 0.25) is 21.9 Å². The fraction of sp³-hybridized carbons (Fsp3) is 0.235. The zero-order valence-corrected chi connectivity index (χ0v) is 17.2. The van der Waals surface area contributed by atoms with Crippen molar-refractivity contribution >= 4 is 44.9 Å². The summed E-state index contributed by atoms with van der Waals surface area (Å²) in [5.74, 6) is -0.248. The van der Waals surface area contributed by atoms with Gasteiger partial charge >= 0.3 is 0 Å². The van der Waals surface area contributed by atoms with Crippen LogP contribution in [0.25, 0.3) is 0 Å². The summed E-state index contributed by atoms with van der Waals surface area (Å²) in [6, 6.07) is 9.75. The summed E-state index contributed by atoms with van der Waals surface area (Å²) in [5, 5.41) is 7.03. The minimum atomic E-state index is -3.50. The molecule has 148 valence electrons. The topological polar surface area (TPSA) is 123 Å². The van der Waals surface area contributed by atoms with Gasteiger partial charge in [-0.1, -0.05) is 6.92 Å². The van der Waals surface area contributed by atoms with E-state index < -0.39 is 10.0 Å². The first-order valence-electron chi connectivity index (χ1n) is 8.38. The lowest BCUT2D eigenvalue weighted by molar-refractivity contribution is 0.0952. The normalized spacial score (nSPS) is 11.7. The van der Waals surface area contributed by atoms with Gasteiger partial charge in [-0.15, -0.1) is 16.4 Å².